The summed E-state index contributed by atoms with van der Waals surface area (Å²) in [5.41, 5.74) is 2.49. The van der Waals surface area contributed by atoms with E-state index in [1.807, 2.05) is 19.1 Å². The number of rotatable bonds is 8. The van der Waals surface area contributed by atoms with Crippen LogP contribution in [0.15, 0.2) is 18.2 Å². The number of hydrogen-bond acceptors (Lipinski definition) is 1. The van der Waals surface area contributed by atoms with Gasteiger partial charge in [0.25, 0.3) is 0 Å². The second-order valence-electron chi connectivity index (χ2n) is 5.47. The van der Waals surface area contributed by atoms with Gasteiger partial charge in [-0.2, -0.15) is 0 Å². The third kappa shape index (κ3) is 5.06. The van der Waals surface area contributed by atoms with Crippen LogP contribution in [0.2, 0.25) is 0 Å². The fourth-order valence-electron chi connectivity index (χ4n) is 2.63. The summed E-state index contributed by atoms with van der Waals surface area (Å²) in [7, 11) is 0. The highest BCUT2D eigenvalue weighted by Crippen LogP contribution is 2.23. The summed E-state index contributed by atoms with van der Waals surface area (Å²) in [6.07, 6.45) is 6.90. The second kappa shape index (κ2) is 7.98. The van der Waals surface area contributed by atoms with E-state index in [1.165, 1.54) is 32.1 Å². The molecule has 1 aromatic rings. The molecule has 0 saturated carbocycles. The number of benzene rings is 1. The highest BCUT2D eigenvalue weighted by atomic mass is 16.4. The van der Waals surface area contributed by atoms with Crippen molar-refractivity contribution in [3.63, 3.8) is 0 Å². The second-order valence-corrected chi connectivity index (χ2v) is 5.47. The summed E-state index contributed by atoms with van der Waals surface area (Å²) in [6, 6.07) is 5.80. The Kier molecular flexibility index (Phi) is 6.61. The van der Waals surface area contributed by atoms with Gasteiger partial charge in [0.15, 0.2) is 0 Å². The van der Waals surface area contributed by atoms with E-state index < -0.39 is 5.97 Å². The van der Waals surface area contributed by atoms with E-state index in [4.69, 9.17) is 0 Å². The molecule has 0 aliphatic rings. The van der Waals surface area contributed by atoms with Crippen molar-refractivity contribution < 1.29 is 9.90 Å². The monoisotopic (exact) mass is 262 g/mol. The minimum absolute atomic E-state index is 0.484. The molecule has 2 heteroatoms. The van der Waals surface area contributed by atoms with E-state index in [0.717, 1.165) is 17.5 Å². The molecule has 0 radical (unpaired) electrons. The summed E-state index contributed by atoms with van der Waals surface area (Å²) in [5.74, 6) is -0.185. The third-order valence-corrected chi connectivity index (χ3v) is 3.67. The van der Waals surface area contributed by atoms with Crippen molar-refractivity contribution in [3.8, 4) is 0 Å². The minimum atomic E-state index is -0.801. The zero-order chi connectivity index (χ0) is 14.3. The van der Waals surface area contributed by atoms with E-state index in [9.17, 15) is 9.90 Å². The molecular weight excluding hydrogens is 236 g/mol. The molecule has 0 aliphatic heterocycles. The van der Waals surface area contributed by atoms with Crippen LogP contribution in [0, 0.1) is 12.8 Å². The Bertz CT molecular complexity index is 410. The van der Waals surface area contributed by atoms with E-state index in [2.05, 4.69) is 13.8 Å². The van der Waals surface area contributed by atoms with Gasteiger partial charge in [0, 0.05) is 0 Å². The predicted octanol–water partition coefficient (Wildman–Crippen LogP) is 4.84. The van der Waals surface area contributed by atoms with Crippen LogP contribution in [0.25, 0.3) is 0 Å². The molecule has 0 bridgehead atoms. The largest absolute Gasteiger partial charge is 0.478 e. The number of carboxylic acids is 1. The number of hydrogen-bond donors (Lipinski definition) is 1. The summed E-state index contributed by atoms with van der Waals surface area (Å²) >= 11 is 0. The predicted molar refractivity (Wildman–Crippen MR) is 79.8 cm³/mol. The number of carbonyl (C=O) groups is 1. The molecule has 1 rings (SSSR count). The van der Waals surface area contributed by atoms with Crippen molar-refractivity contribution in [3.05, 3.63) is 34.9 Å². The Hall–Kier alpha value is -1.31. The number of aryl methyl sites for hydroxylation is 1. The lowest BCUT2D eigenvalue weighted by Gasteiger charge is -2.17. The van der Waals surface area contributed by atoms with Crippen molar-refractivity contribution >= 4 is 5.97 Å². The zero-order valence-corrected chi connectivity index (χ0v) is 12.4. The Balaban J connectivity index is 2.85. The van der Waals surface area contributed by atoms with Gasteiger partial charge in [-0.25, -0.2) is 4.79 Å². The quantitative estimate of drug-likeness (QED) is 0.727. The summed E-state index contributed by atoms with van der Waals surface area (Å²) < 4.78 is 0. The topological polar surface area (TPSA) is 37.3 Å². The third-order valence-electron chi connectivity index (χ3n) is 3.67. The van der Waals surface area contributed by atoms with Crippen LogP contribution in [0.4, 0.5) is 0 Å². The number of carboxylic acid groups (broad SMARTS) is 1. The van der Waals surface area contributed by atoms with Crippen LogP contribution >= 0.6 is 0 Å². The smallest absolute Gasteiger partial charge is 0.335 e. The van der Waals surface area contributed by atoms with Crippen molar-refractivity contribution in [1.29, 1.82) is 0 Å². The number of unbranched alkanes of at least 4 members (excludes halogenated alkanes) is 1. The first-order valence-corrected chi connectivity index (χ1v) is 7.41. The highest BCUT2D eigenvalue weighted by molar-refractivity contribution is 5.89. The van der Waals surface area contributed by atoms with Gasteiger partial charge in [-0.05, 0) is 30.9 Å². The summed E-state index contributed by atoms with van der Waals surface area (Å²) in [4.78, 5) is 11.3. The molecule has 2 nitrogen and oxygen atoms in total. The molecule has 0 amide bonds. The first-order chi connectivity index (χ1) is 9.08. The van der Waals surface area contributed by atoms with Gasteiger partial charge >= 0.3 is 5.97 Å². The van der Waals surface area contributed by atoms with Gasteiger partial charge in [0.1, 0.15) is 0 Å². The fourth-order valence-corrected chi connectivity index (χ4v) is 2.63. The first-order valence-electron chi connectivity index (χ1n) is 7.41. The Labute approximate surface area is 116 Å². The molecule has 0 heterocycles. The molecule has 1 atom stereocenters. The van der Waals surface area contributed by atoms with E-state index in [-0.39, 0.29) is 0 Å². The highest BCUT2D eigenvalue weighted by Gasteiger charge is 2.15. The van der Waals surface area contributed by atoms with Crippen LogP contribution in [0.1, 0.15) is 67.4 Å². The van der Waals surface area contributed by atoms with E-state index in [1.54, 1.807) is 6.07 Å². The SMILES string of the molecule is CCCCC(CCC)Cc1ccc(C)cc1C(=O)O. The molecule has 0 saturated heterocycles. The van der Waals surface area contributed by atoms with Crippen molar-refractivity contribution in [2.75, 3.05) is 0 Å². The molecule has 19 heavy (non-hydrogen) atoms. The standard InChI is InChI=1S/C17H26O2/c1-4-6-8-14(7-5-2)12-15-10-9-13(3)11-16(15)17(18)19/h9-11,14H,4-8,12H2,1-3H3,(H,18,19). The maximum Gasteiger partial charge on any atom is 0.335 e. The molecule has 0 aromatic heterocycles. The van der Waals surface area contributed by atoms with Gasteiger partial charge in [0.2, 0.25) is 0 Å². The van der Waals surface area contributed by atoms with Crippen LogP contribution in [0.5, 0.6) is 0 Å². The lowest BCUT2D eigenvalue weighted by atomic mass is 9.88. The molecular formula is C17H26O2. The lowest BCUT2D eigenvalue weighted by molar-refractivity contribution is 0.0695. The molecule has 106 valence electrons. The average molecular weight is 262 g/mol. The van der Waals surface area contributed by atoms with Crippen molar-refractivity contribution in [1.82, 2.24) is 0 Å². The van der Waals surface area contributed by atoms with Gasteiger partial charge in [-0.15, -0.1) is 0 Å². The minimum Gasteiger partial charge on any atom is -0.478 e. The summed E-state index contributed by atoms with van der Waals surface area (Å²) in [5, 5.41) is 9.31. The molecule has 0 fully saturated rings. The van der Waals surface area contributed by atoms with Crippen LogP contribution in [-0.4, -0.2) is 11.1 Å². The Morgan fingerprint density at radius 2 is 1.95 bits per heavy atom. The molecule has 1 N–H and O–H groups in total. The van der Waals surface area contributed by atoms with Gasteiger partial charge in [-0.1, -0.05) is 63.6 Å². The van der Waals surface area contributed by atoms with Gasteiger partial charge in [0.05, 0.1) is 5.56 Å². The van der Waals surface area contributed by atoms with Crippen molar-refractivity contribution in [2.45, 2.75) is 59.3 Å². The van der Waals surface area contributed by atoms with Crippen LogP contribution < -0.4 is 0 Å². The first kappa shape index (κ1) is 15.7. The van der Waals surface area contributed by atoms with E-state index >= 15 is 0 Å². The maximum absolute atomic E-state index is 11.3. The van der Waals surface area contributed by atoms with Crippen LogP contribution in [0.3, 0.4) is 0 Å². The molecule has 0 aliphatic carbocycles. The normalized spacial score (nSPS) is 12.4. The van der Waals surface area contributed by atoms with Crippen LogP contribution in [-0.2, 0) is 6.42 Å². The molecule has 1 unspecified atom stereocenters. The Morgan fingerprint density at radius 1 is 1.21 bits per heavy atom. The molecule has 0 spiro atoms. The average Bonchev–Trinajstić information content (AvgIpc) is 2.38. The van der Waals surface area contributed by atoms with Crippen molar-refractivity contribution in [2.24, 2.45) is 5.92 Å². The van der Waals surface area contributed by atoms with E-state index in [0.29, 0.717) is 11.5 Å². The van der Waals surface area contributed by atoms with Gasteiger partial charge < -0.3 is 5.11 Å². The van der Waals surface area contributed by atoms with Gasteiger partial charge in [-0.3, -0.25) is 0 Å². The maximum atomic E-state index is 11.3. The number of aromatic carboxylic acids is 1. The molecule has 1 aromatic carbocycles. The summed E-state index contributed by atoms with van der Waals surface area (Å²) in [6.45, 7) is 6.35. The Morgan fingerprint density at radius 3 is 2.53 bits per heavy atom. The zero-order valence-electron chi connectivity index (χ0n) is 12.4. The lowest BCUT2D eigenvalue weighted by Crippen LogP contribution is -2.10. The fraction of sp³-hybridized carbons (Fsp3) is 0.588.